The highest BCUT2D eigenvalue weighted by molar-refractivity contribution is 5.24. The number of hydrogen-bond donors (Lipinski definition) is 1. The van der Waals surface area contributed by atoms with Gasteiger partial charge in [-0.25, -0.2) is 4.39 Å². The van der Waals surface area contributed by atoms with Crippen molar-refractivity contribution in [2.24, 2.45) is 5.73 Å². The lowest BCUT2D eigenvalue weighted by molar-refractivity contribution is 0.190. The Labute approximate surface area is 116 Å². The first-order valence-electron chi connectivity index (χ1n) is 7.33. The molecule has 0 saturated heterocycles. The highest BCUT2D eigenvalue weighted by atomic mass is 19.1. The molecule has 0 amide bonds. The Bertz CT molecular complexity index is 379. The van der Waals surface area contributed by atoms with Crippen molar-refractivity contribution in [2.45, 2.75) is 59.2 Å². The molecule has 0 aromatic heterocycles. The molecule has 0 spiro atoms. The quantitative estimate of drug-likeness (QED) is 0.777. The Morgan fingerprint density at radius 3 is 2.58 bits per heavy atom. The van der Waals surface area contributed by atoms with E-state index in [2.05, 4.69) is 25.7 Å². The van der Waals surface area contributed by atoms with E-state index in [1.54, 1.807) is 6.07 Å². The zero-order valence-electron chi connectivity index (χ0n) is 12.5. The van der Waals surface area contributed by atoms with Crippen LogP contribution >= 0.6 is 0 Å². The van der Waals surface area contributed by atoms with Crippen LogP contribution in [0.15, 0.2) is 18.2 Å². The topological polar surface area (TPSA) is 29.3 Å². The Morgan fingerprint density at radius 2 is 2.05 bits per heavy atom. The van der Waals surface area contributed by atoms with Crippen LogP contribution in [0, 0.1) is 5.82 Å². The maximum Gasteiger partial charge on any atom is 0.128 e. The molecule has 108 valence electrons. The normalized spacial score (nSPS) is 12.9. The van der Waals surface area contributed by atoms with E-state index in [4.69, 9.17) is 5.73 Å². The maximum absolute atomic E-state index is 14.0. The molecule has 0 radical (unpaired) electrons. The van der Waals surface area contributed by atoms with Crippen LogP contribution in [0.5, 0.6) is 0 Å². The van der Waals surface area contributed by atoms with E-state index in [0.29, 0.717) is 19.1 Å². The fraction of sp³-hybridized carbons (Fsp3) is 0.625. The lowest BCUT2D eigenvalue weighted by atomic mass is 10.1. The molecule has 2 N–H and O–H groups in total. The first-order chi connectivity index (χ1) is 9.12. The number of nitrogens with two attached hydrogens (primary N) is 1. The minimum absolute atomic E-state index is 0.132. The van der Waals surface area contributed by atoms with Gasteiger partial charge in [-0.05, 0) is 37.9 Å². The van der Waals surface area contributed by atoms with Gasteiger partial charge in [-0.3, -0.25) is 4.90 Å². The minimum Gasteiger partial charge on any atom is -0.326 e. The molecule has 3 heteroatoms. The second-order valence-electron chi connectivity index (χ2n) is 5.21. The molecule has 0 bridgehead atoms. The minimum atomic E-state index is -0.132. The fourth-order valence-electron chi connectivity index (χ4n) is 2.14. The van der Waals surface area contributed by atoms with Crippen LogP contribution in [0.4, 0.5) is 4.39 Å². The number of rotatable bonds is 8. The molecular weight excluding hydrogens is 239 g/mol. The molecule has 2 nitrogen and oxygen atoms in total. The molecule has 0 aliphatic rings. The van der Waals surface area contributed by atoms with Gasteiger partial charge in [0.25, 0.3) is 0 Å². The predicted molar refractivity (Wildman–Crippen MR) is 79.4 cm³/mol. The van der Waals surface area contributed by atoms with E-state index in [1.807, 2.05) is 12.1 Å². The second kappa shape index (κ2) is 8.28. The molecular formula is C16H27FN2. The molecule has 0 aliphatic carbocycles. The molecule has 1 aromatic rings. The SMILES string of the molecule is CCCCN(Cc1ccc(CN)cc1F)C(C)CC. The molecule has 0 heterocycles. The molecule has 1 aromatic carbocycles. The third-order valence-corrected chi connectivity index (χ3v) is 3.74. The summed E-state index contributed by atoms with van der Waals surface area (Å²) < 4.78 is 14.0. The third-order valence-electron chi connectivity index (χ3n) is 3.74. The van der Waals surface area contributed by atoms with Crippen molar-refractivity contribution in [1.29, 1.82) is 0 Å². The number of hydrogen-bond acceptors (Lipinski definition) is 2. The van der Waals surface area contributed by atoms with Crippen LogP contribution in [0.1, 0.15) is 51.2 Å². The average molecular weight is 266 g/mol. The van der Waals surface area contributed by atoms with Gasteiger partial charge in [-0.1, -0.05) is 32.4 Å². The molecule has 0 fully saturated rings. The highest BCUT2D eigenvalue weighted by Gasteiger charge is 2.14. The van der Waals surface area contributed by atoms with E-state index in [9.17, 15) is 4.39 Å². The van der Waals surface area contributed by atoms with Crippen molar-refractivity contribution < 1.29 is 4.39 Å². The molecule has 1 atom stereocenters. The van der Waals surface area contributed by atoms with Gasteiger partial charge in [0, 0.05) is 24.7 Å². The van der Waals surface area contributed by atoms with E-state index < -0.39 is 0 Å². The largest absolute Gasteiger partial charge is 0.326 e. The molecule has 1 rings (SSSR count). The van der Waals surface area contributed by atoms with Crippen molar-refractivity contribution in [3.05, 3.63) is 35.1 Å². The summed E-state index contributed by atoms with van der Waals surface area (Å²) in [6.45, 7) is 8.68. The van der Waals surface area contributed by atoms with E-state index in [1.165, 1.54) is 6.42 Å². The number of benzene rings is 1. The summed E-state index contributed by atoms with van der Waals surface area (Å²) in [5.41, 5.74) is 7.15. The fourth-order valence-corrected chi connectivity index (χ4v) is 2.14. The van der Waals surface area contributed by atoms with Crippen LogP contribution in [0.2, 0.25) is 0 Å². The Kier molecular flexibility index (Phi) is 7.03. The standard InChI is InChI=1S/C16H27FN2/c1-4-6-9-19(13(3)5-2)12-15-8-7-14(11-18)10-16(15)17/h7-8,10,13H,4-6,9,11-12,18H2,1-3H3. The highest BCUT2D eigenvalue weighted by Crippen LogP contribution is 2.16. The summed E-state index contributed by atoms with van der Waals surface area (Å²) >= 11 is 0. The second-order valence-corrected chi connectivity index (χ2v) is 5.21. The Hall–Kier alpha value is -0.930. The van der Waals surface area contributed by atoms with Gasteiger partial charge in [0.05, 0.1) is 0 Å². The van der Waals surface area contributed by atoms with Crippen LogP contribution in [0.3, 0.4) is 0 Å². The number of halogens is 1. The van der Waals surface area contributed by atoms with Crippen LogP contribution in [-0.4, -0.2) is 17.5 Å². The summed E-state index contributed by atoms with van der Waals surface area (Å²) in [6, 6.07) is 5.84. The lowest BCUT2D eigenvalue weighted by Crippen LogP contribution is -2.33. The summed E-state index contributed by atoms with van der Waals surface area (Å²) in [4.78, 5) is 2.37. The average Bonchev–Trinajstić information content (AvgIpc) is 2.43. The first-order valence-corrected chi connectivity index (χ1v) is 7.33. The monoisotopic (exact) mass is 266 g/mol. The van der Waals surface area contributed by atoms with Crippen LogP contribution < -0.4 is 5.73 Å². The van der Waals surface area contributed by atoms with Crippen molar-refractivity contribution in [3.8, 4) is 0 Å². The van der Waals surface area contributed by atoms with Crippen molar-refractivity contribution in [2.75, 3.05) is 6.54 Å². The molecule has 1 unspecified atom stereocenters. The predicted octanol–water partition coefficient (Wildman–Crippen LogP) is 3.69. The van der Waals surface area contributed by atoms with Gasteiger partial charge in [0.15, 0.2) is 0 Å². The van der Waals surface area contributed by atoms with E-state index in [-0.39, 0.29) is 5.82 Å². The van der Waals surface area contributed by atoms with Crippen molar-refractivity contribution in [3.63, 3.8) is 0 Å². The summed E-state index contributed by atoms with van der Waals surface area (Å²) in [5.74, 6) is -0.132. The van der Waals surface area contributed by atoms with E-state index in [0.717, 1.165) is 30.5 Å². The Balaban J connectivity index is 2.77. The molecule has 0 saturated carbocycles. The van der Waals surface area contributed by atoms with Crippen molar-refractivity contribution >= 4 is 0 Å². The van der Waals surface area contributed by atoms with Gasteiger partial charge < -0.3 is 5.73 Å². The Morgan fingerprint density at radius 1 is 1.32 bits per heavy atom. The van der Waals surface area contributed by atoms with Gasteiger partial charge in [0.2, 0.25) is 0 Å². The lowest BCUT2D eigenvalue weighted by Gasteiger charge is -2.28. The van der Waals surface area contributed by atoms with Gasteiger partial charge in [0.1, 0.15) is 5.82 Å². The van der Waals surface area contributed by atoms with Gasteiger partial charge >= 0.3 is 0 Å². The smallest absolute Gasteiger partial charge is 0.128 e. The zero-order chi connectivity index (χ0) is 14.3. The summed E-state index contributed by atoms with van der Waals surface area (Å²) in [6.07, 6.45) is 3.42. The van der Waals surface area contributed by atoms with Crippen LogP contribution in [0.25, 0.3) is 0 Å². The molecule has 19 heavy (non-hydrogen) atoms. The zero-order valence-corrected chi connectivity index (χ0v) is 12.5. The third kappa shape index (κ3) is 4.92. The molecule has 0 aliphatic heterocycles. The first kappa shape index (κ1) is 16.1. The number of nitrogens with zero attached hydrogens (tertiary/aromatic N) is 1. The van der Waals surface area contributed by atoms with Crippen molar-refractivity contribution in [1.82, 2.24) is 4.90 Å². The van der Waals surface area contributed by atoms with Gasteiger partial charge in [-0.2, -0.15) is 0 Å². The van der Waals surface area contributed by atoms with Crippen LogP contribution in [-0.2, 0) is 13.1 Å². The summed E-state index contributed by atoms with van der Waals surface area (Å²) in [5, 5.41) is 0. The maximum atomic E-state index is 14.0. The number of unbranched alkanes of at least 4 members (excludes halogenated alkanes) is 1. The van der Waals surface area contributed by atoms with Gasteiger partial charge in [-0.15, -0.1) is 0 Å². The van der Waals surface area contributed by atoms with E-state index >= 15 is 0 Å². The summed E-state index contributed by atoms with van der Waals surface area (Å²) in [7, 11) is 0.